The second-order valence-electron chi connectivity index (χ2n) is 2.28. The van der Waals surface area contributed by atoms with Gasteiger partial charge in [-0.2, -0.15) is 5.26 Å². The Bertz CT molecular complexity index is 381. The lowest BCUT2D eigenvalue weighted by Gasteiger charge is -2.01. The van der Waals surface area contributed by atoms with Crippen LogP contribution in [0.4, 0.5) is 17.6 Å². The van der Waals surface area contributed by atoms with Gasteiger partial charge in [0, 0.05) is 11.6 Å². The first-order valence-electron chi connectivity index (χ1n) is 3.26. The monoisotopic (exact) mass is 189 g/mol. The molecule has 1 aromatic carbocycles. The molecular weight excluding hydrogens is 186 g/mol. The third-order valence-corrected chi connectivity index (χ3v) is 1.46. The maximum atomic E-state index is 12.7. The van der Waals surface area contributed by atoms with E-state index in [1.54, 1.807) is 0 Å². The number of rotatable bonds is 1. The number of nitrogens with zero attached hydrogens (tertiary/aromatic N) is 1. The Kier molecular flexibility index (Phi) is 2.52. The molecule has 0 heterocycles. The average Bonchev–Trinajstić information content (AvgIpc) is 2.09. The van der Waals surface area contributed by atoms with Gasteiger partial charge in [0.25, 0.3) is 0 Å². The van der Waals surface area contributed by atoms with E-state index in [1.165, 1.54) is 6.07 Å². The highest BCUT2D eigenvalue weighted by atomic mass is 19.2. The van der Waals surface area contributed by atoms with Crippen molar-refractivity contribution < 1.29 is 17.6 Å². The topological polar surface area (TPSA) is 23.8 Å². The summed E-state index contributed by atoms with van der Waals surface area (Å²) in [5.74, 6) is -6.25. The molecule has 1 nitrogen and oxygen atoms in total. The summed E-state index contributed by atoms with van der Waals surface area (Å²) < 4.78 is 50.2. The minimum atomic E-state index is -1.76. The molecule has 0 aliphatic heterocycles. The Labute approximate surface area is 71.2 Å². The molecule has 68 valence electrons. The molecule has 0 aliphatic rings. The minimum absolute atomic E-state index is 0.213. The lowest BCUT2D eigenvalue weighted by molar-refractivity contribution is 0.427. The number of hydrogen-bond donors (Lipinski definition) is 0. The first-order valence-corrected chi connectivity index (χ1v) is 3.26. The van der Waals surface area contributed by atoms with Crippen LogP contribution >= 0.6 is 0 Å². The van der Waals surface area contributed by atoms with Crippen LogP contribution in [0.1, 0.15) is 5.56 Å². The molecule has 5 heteroatoms. The van der Waals surface area contributed by atoms with Gasteiger partial charge >= 0.3 is 0 Å². The van der Waals surface area contributed by atoms with Crippen LogP contribution < -0.4 is 0 Å². The highest BCUT2D eigenvalue weighted by Crippen LogP contribution is 2.19. The van der Waals surface area contributed by atoms with Crippen molar-refractivity contribution in [3.8, 4) is 6.07 Å². The molecule has 0 saturated carbocycles. The molecular formula is C8H3F4N. The van der Waals surface area contributed by atoms with E-state index in [4.69, 9.17) is 5.26 Å². The van der Waals surface area contributed by atoms with E-state index in [2.05, 4.69) is 0 Å². The van der Waals surface area contributed by atoms with E-state index in [9.17, 15) is 17.6 Å². The quantitative estimate of drug-likeness (QED) is 0.377. The predicted molar refractivity (Wildman–Crippen MR) is 35.6 cm³/mol. The molecule has 0 N–H and O–H groups in total. The molecule has 0 saturated heterocycles. The molecule has 1 rings (SSSR count). The number of benzene rings is 1. The van der Waals surface area contributed by atoms with Crippen molar-refractivity contribution in [2.24, 2.45) is 0 Å². The Morgan fingerprint density at radius 1 is 1.08 bits per heavy atom. The van der Waals surface area contributed by atoms with E-state index >= 15 is 0 Å². The fraction of sp³-hybridized carbons (Fsp3) is 0.125. The van der Waals surface area contributed by atoms with Crippen molar-refractivity contribution in [1.29, 1.82) is 5.26 Å². The van der Waals surface area contributed by atoms with Crippen molar-refractivity contribution in [3.05, 3.63) is 34.9 Å². The van der Waals surface area contributed by atoms with Crippen LogP contribution in [0.15, 0.2) is 6.07 Å². The largest absolute Gasteiger partial charge is 0.206 e. The van der Waals surface area contributed by atoms with Crippen LogP contribution in [-0.4, -0.2) is 0 Å². The lowest BCUT2D eigenvalue weighted by Crippen LogP contribution is -2.01. The molecule has 0 bridgehead atoms. The SMILES string of the molecule is N#CCc1c(F)cc(F)c(F)c1F. The van der Waals surface area contributed by atoms with Gasteiger partial charge in [-0.3, -0.25) is 0 Å². The normalized spacial score (nSPS) is 9.77. The van der Waals surface area contributed by atoms with Crippen LogP contribution in [0, 0.1) is 34.6 Å². The van der Waals surface area contributed by atoms with E-state index < -0.39 is 35.3 Å². The Balaban J connectivity index is 3.36. The Hall–Kier alpha value is -1.57. The number of nitriles is 1. The summed E-state index contributed by atoms with van der Waals surface area (Å²) in [5, 5.41) is 8.13. The smallest absolute Gasteiger partial charge is 0.194 e. The summed E-state index contributed by atoms with van der Waals surface area (Å²) in [6.07, 6.45) is -0.630. The van der Waals surface area contributed by atoms with E-state index in [0.29, 0.717) is 0 Å². The van der Waals surface area contributed by atoms with Crippen LogP contribution in [0.5, 0.6) is 0 Å². The fourth-order valence-corrected chi connectivity index (χ4v) is 0.845. The summed E-state index contributed by atoms with van der Waals surface area (Å²) in [6.45, 7) is 0. The van der Waals surface area contributed by atoms with Gasteiger partial charge in [-0.1, -0.05) is 0 Å². The summed E-state index contributed by atoms with van der Waals surface area (Å²) in [5.41, 5.74) is -0.749. The first kappa shape index (κ1) is 9.52. The highest BCUT2D eigenvalue weighted by molar-refractivity contribution is 5.24. The second-order valence-corrected chi connectivity index (χ2v) is 2.28. The van der Waals surface area contributed by atoms with E-state index in [1.807, 2.05) is 0 Å². The van der Waals surface area contributed by atoms with Gasteiger partial charge in [0.1, 0.15) is 5.82 Å². The fourth-order valence-electron chi connectivity index (χ4n) is 0.845. The van der Waals surface area contributed by atoms with Gasteiger partial charge < -0.3 is 0 Å². The molecule has 0 aromatic heterocycles. The molecule has 0 fully saturated rings. The molecule has 1 aromatic rings. The second kappa shape index (κ2) is 3.44. The zero-order chi connectivity index (χ0) is 10.0. The lowest BCUT2D eigenvalue weighted by atomic mass is 10.1. The van der Waals surface area contributed by atoms with Crippen LogP contribution in [0.25, 0.3) is 0 Å². The third-order valence-electron chi connectivity index (χ3n) is 1.46. The predicted octanol–water partition coefficient (Wildman–Crippen LogP) is 2.31. The zero-order valence-corrected chi connectivity index (χ0v) is 6.24. The standard InChI is InChI=1S/C8H3F4N/c9-5-3-6(10)8(12)7(11)4(5)1-2-13/h3H,1H2. The summed E-state index contributed by atoms with van der Waals surface area (Å²) in [7, 11) is 0. The van der Waals surface area contributed by atoms with Crippen molar-refractivity contribution >= 4 is 0 Å². The molecule has 0 aliphatic carbocycles. The van der Waals surface area contributed by atoms with Crippen LogP contribution in [-0.2, 0) is 6.42 Å². The van der Waals surface area contributed by atoms with Gasteiger partial charge in [0.15, 0.2) is 17.5 Å². The first-order chi connectivity index (χ1) is 6.07. The van der Waals surface area contributed by atoms with Gasteiger partial charge in [0.2, 0.25) is 0 Å². The maximum Gasteiger partial charge on any atom is 0.194 e. The third kappa shape index (κ3) is 1.61. The molecule has 13 heavy (non-hydrogen) atoms. The van der Waals surface area contributed by atoms with E-state index in [0.717, 1.165) is 0 Å². The highest BCUT2D eigenvalue weighted by Gasteiger charge is 2.18. The average molecular weight is 189 g/mol. The summed E-state index contributed by atoms with van der Waals surface area (Å²) in [4.78, 5) is 0. The summed E-state index contributed by atoms with van der Waals surface area (Å²) in [6, 6.07) is 1.66. The summed E-state index contributed by atoms with van der Waals surface area (Å²) >= 11 is 0. The zero-order valence-electron chi connectivity index (χ0n) is 6.24. The maximum absolute atomic E-state index is 12.7. The molecule has 0 amide bonds. The van der Waals surface area contributed by atoms with Crippen molar-refractivity contribution in [1.82, 2.24) is 0 Å². The number of halogens is 4. The van der Waals surface area contributed by atoms with Crippen molar-refractivity contribution in [3.63, 3.8) is 0 Å². The van der Waals surface area contributed by atoms with Crippen LogP contribution in [0.3, 0.4) is 0 Å². The van der Waals surface area contributed by atoms with E-state index in [-0.39, 0.29) is 6.07 Å². The van der Waals surface area contributed by atoms with Gasteiger partial charge in [-0.25, -0.2) is 17.6 Å². The Morgan fingerprint density at radius 2 is 1.69 bits per heavy atom. The van der Waals surface area contributed by atoms with Crippen molar-refractivity contribution in [2.45, 2.75) is 6.42 Å². The van der Waals surface area contributed by atoms with Gasteiger partial charge in [-0.05, 0) is 0 Å². The van der Waals surface area contributed by atoms with Gasteiger partial charge in [-0.15, -0.1) is 0 Å². The molecule has 0 radical (unpaired) electrons. The van der Waals surface area contributed by atoms with Gasteiger partial charge in [0.05, 0.1) is 12.5 Å². The van der Waals surface area contributed by atoms with Crippen molar-refractivity contribution in [2.75, 3.05) is 0 Å². The molecule has 0 spiro atoms. The van der Waals surface area contributed by atoms with Crippen LogP contribution in [0.2, 0.25) is 0 Å². The number of hydrogen-bond acceptors (Lipinski definition) is 1. The Morgan fingerprint density at radius 3 is 2.23 bits per heavy atom. The molecule has 0 atom stereocenters. The molecule has 0 unspecified atom stereocenters. The minimum Gasteiger partial charge on any atom is -0.206 e.